The van der Waals surface area contributed by atoms with Gasteiger partial charge in [0.1, 0.15) is 24.0 Å². The van der Waals surface area contributed by atoms with Gasteiger partial charge in [-0.15, -0.1) is 0 Å². The summed E-state index contributed by atoms with van der Waals surface area (Å²) >= 11 is 0. The summed E-state index contributed by atoms with van der Waals surface area (Å²) in [7, 11) is 0. The number of hydrogen-bond acceptors (Lipinski definition) is 2. The first kappa shape index (κ1) is 15.4. The maximum atomic E-state index is 13.0. The molecule has 112 valence electrons. The van der Waals surface area contributed by atoms with E-state index in [0.29, 0.717) is 0 Å². The molecule has 2 N–H and O–H groups in total. The van der Waals surface area contributed by atoms with Crippen molar-refractivity contribution in [2.24, 2.45) is 5.73 Å². The van der Waals surface area contributed by atoms with E-state index in [9.17, 15) is 8.78 Å². The molecule has 4 heteroatoms. The largest absolute Gasteiger partial charge is 0.491 e. The fraction of sp³-hybridized carbons (Fsp3) is 0.294. The Morgan fingerprint density at radius 3 is 2.24 bits per heavy atom. The zero-order valence-corrected chi connectivity index (χ0v) is 12.0. The van der Waals surface area contributed by atoms with E-state index >= 15 is 0 Å². The Hall–Kier alpha value is -1.94. The van der Waals surface area contributed by atoms with Gasteiger partial charge in [0.25, 0.3) is 0 Å². The Kier molecular flexibility index (Phi) is 5.28. The highest BCUT2D eigenvalue weighted by atomic mass is 19.1. The minimum Gasteiger partial charge on any atom is -0.491 e. The fourth-order valence-electron chi connectivity index (χ4n) is 2.11. The van der Waals surface area contributed by atoms with Crippen LogP contribution in [0.25, 0.3) is 0 Å². The lowest BCUT2D eigenvalue weighted by Crippen LogP contribution is -2.19. The third-order valence-corrected chi connectivity index (χ3v) is 3.21. The van der Waals surface area contributed by atoms with Gasteiger partial charge in [0.15, 0.2) is 0 Å². The van der Waals surface area contributed by atoms with Gasteiger partial charge in [-0.1, -0.05) is 37.6 Å². The molecule has 1 atom stereocenters. The average molecular weight is 291 g/mol. The van der Waals surface area contributed by atoms with Gasteiger partial charge in [-0.3, -0.25) is 0 Å². The minimum absolute atomic E-state index is 0.144. The lowest BCUT2D eigenvalue weighted by atomic mass is 10.0. The second-order valence-corrected chi connectivity index (χ2v) is 5.01. The van der Waals surface area contributed by atoms with E-state index in [-0.39, 0.29) is 18.4 Å². The quantitative estimate of drug-likeness (QED) is 0.873. The van der Waals surface area contributed by atoms with Crippen LogP contribution in [0.4, 0.5) is 8.78 Å². The van der Waals surface area contributed by atoms with Gasteiger partial charge in [0.05, 0.1) is 6.04 Å². The lowest BCUT2D eigenvalue weighted by Gasteiger charge is -2.14. The van der Waals surface area contributed by atoms with E-state index in [2.05, 4.69) is 6.92 Å². The molecule has 21 heavy (non-hydrogen) atoms. The van der Waals surface area contributed by atoms with Crippen LogP contribution in [0.5, 0.6) is 5.75 Å². The Morgan fingerprint density at radius 1 is 1.05 bits per heavy atom. The van der Waals surface area contributed by atoms with Crippen LogP contribution in [0.1, 0.15) is 30.5 Å². The van der Waals surface area contributed by atoms with Gasteiger partial charge in [0.2, 0.25) is 0 Å². The Bertz CT molecular complexity index is 564. The zero-order valence-electron chi connectivity index (χ0n) is 12.0. The number of aryl methyl sites for hydroxylation is 1. The van der Waals surface area contributed by atoms with Crippen molar-refractivity contribution in [3.63, 3.8) is 0 Å². The highest BCUT2D eigenvalue weighted by Crippen LogP contribution is 2.18. The molecule has 2 aromatic rings. The second-order valence-electron chi connectivity index (χ2n) is 5.01. The van der Waals surface area contributed by atoms with Crippen molar-refractivity contribution in [2.45, 2.75) is 25.8 Å². The average Bonchev–Trinajstić information content (AvgIpc) is 2.45. The minimum atomic E-state index is -0.664. The van der Waals surface area contributed by atoms with Gasteiger partial charge in [0, 0.05) is 18.2 Å². The van der Waals surface area contributed by atoms with E-state index < -0.39 is 11.6 Å². The van der Waals surface area contributed by atoms with E-state index in [1.54, 1.807) is 0 Å². The first-order valence-electron chi connectivity index (χ1n) is 7.02. The van der Waals surface area contributed by atoms with E-state index in [1.807, 2.05) is 24.3 Å². The number of rotatable bonds is 6. The monoisotopic (exact) mass is 291 g/mol. The SMILES string of the molecule is CCCc1ccc(C(N)COc2cc(F)cc(F)c2)cc1. The molecule has 0 bridgehead atoms. The van der Waals surface area contributed by atoms with Crippen LogP contribution in [0.3, 0.4) is 0 Å². The number of benzene rings is 2. The van der Waals surface area contributed by atoms with E-state index in [1.165, 1.54) is 5.56 Å². The molecule has 0 aliphatic carbocycles. The summed E-state index contributed by atoms with van der Waals surface area (Å²) in [6, 6.07) is 10.8. The standard InChI is InChI=1S/C17H19F2NO/c1-2-3-12-4-6-13(7-5-12)17(20)11-21-16-9-14(18)8-15(19)10-16/h4-10,17H,2-3,11,20H2,1H3. The van der Waals surface area contributed by atoms with Crippen molar-refractivity contribution in [1.29, 1.82) is 0 Å². The Labute approximate surface area is 123 Å². The number of hydrogen-bond donors (Lipinski definition) is 1. The second kappa shape index (κ2) is 7.18. The van der Waals surface area contributed by atoms with E-state index in [4.69, 9.17) is 10.5 Å². The number of ether oxygens (including phenoxy) is 1. The van der Waals surface area contributed by atoms with Crippen LogP contribution >= 0.6 is 0 Å². The summed E-state index contributed by atoms with van der Waals surface area (Å²) in [5.74, 6) is -1.18. The molecule has 1 unspecified atom stereocenters. The molecule has 2 nitrogen and oxygen atoms in total. The molecule has 0 spiro atoms. The van der Waals surface area contributed by atoms with Crippen molar-refractivity contribution < 1.29 is 13.5 Å². The summed E-state index contributed by atoms with van der Waals surface area (Å²) < 4.78 is 31.4. The van der Waals surface area contributed by atoms with Crippen molar-refractivity contribution in [3.8, 4) is 5.75 Å². The maximum absolute atomic E-state index is 13.0. The number of nitrogens with two attached hydrogens (primary N) is 1. The van der Waals surface area contributed by atoms with Gasteiger partial charge in [-0.25, -0.2) is 8.78 Å². The van der Waals surface area contributed by atoms with Crippen LogP contribution in [-0.2, 0) is 6.42 Å². The molecule has 0 aliphatic rings. The van der Waals surface area contributed by atoms with Gasteiger partial charge < -0.3 is 10.5 Å². The van der Waals surface area contributed by atoms with Crippen molar-refractivity contribution in [3.05, 3.63) is 65.2 Å². The predicted molar refractivity (Wildman–Crippen MR) is 79.2 cm³/mol. The third kappa shape index (κ3) is 4.53. The molecule has 0 aliphatic heterocycles. The molecule has 0 aromatic heterocycles. The molecule has 2 rings (SSSR count). The fourth-order valence-corrected chi connectivity index (χ4v) is 2.11. The highest BCUT2D eigenvalue weighted by molar-refractivity contribution is 5.26. The van der Waals surface area contributed by atoms with Crippen LogP contribution in [0, 0.1) is 11.6 Å². The molecule has 0 amide bonds. The predicted octanol–water partition coefficient (Wildman–Crippen LogP) is 4.00. The first-order chi connectivity index (χ1) is 10.1. The molecule has 0 saturated heterocycles. The third-order valence-electron chi connectivity index (χ3n) is 3.21. The first-order valence-corrected chi connectivity index (χ1v) is 7.02. The van der Waals surface area contributed by atoms with Crippen molar-refractivity contribution in [1.82, 2.24) is 0 Å². The molecule has 0 saturated carbocycles. The zero-order chi connectivity index (χ0) is 15.2. The summed E-state index contributed by atoms with van der Waals surface area (Å²) in [6.07, 6.45) is 2.13. The van der Waals surface area contributed by atoms with Gasteiger partial charge in [-0.2, -0.15) is 0 Å². The molecule has 0 heterocycles. The highest BCUT2D eigenvalue weighted by Gasteiger charge is 2.08. The van der Waals surface area contributed by atoms with Gasteiger partial charge in [-0.05, 0) is 17.5 Å². The smallest absolute Gasteiger partial charge is 0.129 e. The Morgan fingerprint density at radius 2 is 1.67 bits per heavy atom. The maximum Gasteiger partial charge on any atom is 0.129 e. The Balaban J connectivity index is 1.96. The summed E-state index contributed by atoms with van der Waals surface area (Å²) in [4.78, 5) is 0. The van der Waals surface area contributed by atoms with Crippen LogP contribution in [0.15, 0.2) is 42.5 Å². The van der Waals surface area contributed by atoms with E-state index in [0.717, 1.165) is 36.6 Å². The summed E-state index contributed by atoms with van der Waals surface area (Å²) in [6.45, 7) is 2.29. The lowest BCUT2D eigenvalue weighted by molar-refractivity contribution is 0.288. The van der Waals surface area contributed by atoms with Crippen LogP contribution in [0.2, 0.25) is 0 Å². The molecule has 0 radical (unpaired) electrons. The van der Waals surface area contributed by atoms with Crippen molar-refractivity contribution >= 4 is 0 Å². The van der Waals surface area contributed by atoms with Crippen LogP contribution in [-0.4, -0.2) is 6.61 Å². The van der Waals surface area contributed by atoms with Gasteiger partial charge >= 0.3 is 0 Å². The molecule has 2 aromatic carbocycles. The van der Waals surface area contributed by atoms with Crippen molar-refractivity contribution in [2.75, 3.05) is 6.61 Å². The normalized spacial score (nSPS) is 12.2. The molecular weight excluding hydrogens is 272 g/mol. The topological polar surface area (TPSA) is 35.2 Å². The van der Waals surface area contributed by atoms with Crippen LogP contribution < -0.4 is 10.5 Å². The molecular formula is C17H19F2NO. The number of halogens is 2. The summed E-state index contributed by atoms with van der Waals surface area (Å²) in [5.41, 5.74) is 8.23. The summed E-state index contributed by atoms with van der Waals surface area (Å²) in [5, 5.41) is 0. The molecule has 0 fully saturated rings.